The zero-order valence-corrected chi connectivity index (χ0v) is 17.7. The van der Waals surface area contributed by atoms with Crippen molar-refractivity contribution in [3.8, 4) is 0 Å². The van der Waals surface area contributed by atoms with E-state index in [-0.39, 0.29) is 11.2 Å². The zero-order chi connectivity index (χ0) is 20.9. The lowest BCUT2D eigenvalue weighted by Gasteiger charge is -2.12. The molecule has 5 heteroatoms. The maximum atomic E-state index is 12.9. The molecule has 0 radical (unpaired) electrons. The molecule has 30 heavy (non-hydrogen) atoms. The van der Waals surface area contributed by atoms with Crippen LogP contribution in [-0.2, 0) is 11.2 Å². The lowest BCUT2D eigenvalue weighted by molar-refractivity contribution is -0.125. The summed E-state index contributed by atoms with van der Waals surface area (Å²) in [6, 6.07) is 22.6. The van der Waals surface area contributed by atoms with Crippen molar-refractivity contribution in [2.24, 2.45) is 10.2 Å². The van der Waals surface area contributed by atoms with E-state index in [1.807, 2.05) is 24.3 Å². The molecule has 1 aliphatic rings. The minimum Gasteiger partial charge on any atom is -0.285 e. The highest BCUT2D eigenvalue weighted by molar-refractivity contribution is 8.15. The Morgan fingerprint density at radius 2 is 1.83 bits per heavy atom. The second-order valence-electron chi connectivity index (χ2n) is 7.23. The van der Waals surface area contributed by atoms with Gasteiger partial charge in [-0.15, -0.1) is 11.7 Å². The van der Waals surface area contributed by atoms with Crippen LogP contribution in [-0.4, -0.2) is 34.0 Å². The molecular formula is C25H23N3OS. The molecule has 1 fully saturated rings. The number of fused-ring (bicyclic) bond motifs is 1. The summed E-state index contributed by atoms with van der Waals surface area (Å²) in [6.07, 6.45) is 4.14. The second kappa shape index (κ2) is 9.09. The van der Waals surface area contributed by atoms with Crippen LogP contribution in [0.15, 0.2) is 89.6 Å². The van der Waals surface area contributed by atoms with Crippen LogP contribution in [0.1, 0.15) is 16.7 Å². The third kappa shape index (κ3) is 4.36. The van der Waals surface area contributed by atoms with Crippen LogP contribution in [0, 0.1) is 6.92 Å². The Morgan fingerprint density at radius 1 is 1.07 bits per heavy atom. The summed E-state index contributed by atoms with van der Waals surface area (Å²) in [6.45, 7) is 6.27. The molecule has 4 nitrogen and oxygen atoms in total. The van der Waals surface area contributed by atoms with Crippen LogP contribution in [0.5, 0.6) is 0 Å². The lowest BCUT2D eigenvalue weighted by Crippen LogP contribution is -2.32. The van der Waals surface area contributed by atoms with E-state index in [1.54, 1.807) is 17.2 Å². The summed E-state index contributed by atoms with van der Waals surface area (Å²) in [5.41, 5.74) is 3.35. The number of benzene rings is 3. The topological polar surface area (TPSA) is 45.0 Å². The van der Waals surface area contributed by atoms with Crippen LogP contribution in [0.3, 0.4) is 0 Å². The summed E-state index contributed by atoms with van der Waals surface area (Å²) in [5, 5.41) is 11.4. The van der Waals surface area contributed by atoms with Gasteiger partial charge >= 0.3 is 0 Å². The van der Waals surface area contributed by atoms with E-state index in [2.05, 4.69) is 66.2 Å². The van der Waals surface area contributed by atoms with Gasteiger partial charge in [0.05, 0.1) is 11.5 Å². The normalized spacial score (nSPS) is 18.0. The lowest BCUT2D eigenvalue weighted by atomic mass is 10.1. The summed E-state index contributed by atoms with van der Waals surface area (Å²) < 4.78 is 0. The maximum absolute atomic E-state index is 12.9. The van der Waals surface area contributed by atoms with Gasteiger partial charge in [0, 0.05) is 12.1 Å². The molecule has 150 valence electrons. The SMILES string of the molecule is C=CCN1C(=O)C(Cc2ccc(C)cc2)SC1=NN=Cc1cccc2ccccc12. The van der Waals surface area contributed by atoms with Crippen molar-refractivity contribution in [3.05, 3.63) is 96.1 Å². The minimum absolute atomic E-state index is 0.0552. The first-order valence-electron chi connectivity index (χ1n) is 9.89. The number of rotatable bonds is 6. The monoisotopic (exact) mass is 413 g/mol. The van der Waals surface area contributed by atoms with E-state index in [4.69, 9.17) is 0 Å². The second-order valence-corrected chi connectivity index (χ2v) is 8.40. The molecule has 3 aromatic carbocycles. The molecule has 1 aliphatic heterocycles. The molecule has 1 amide bonds. The highest BCUT2D eigenvalue weighted by atomic mass is 32.2. The summed E-state index contributed by atoms with van der Waals surface area (Å²) in [4.78, 5) is 14.6. The molecule has 0 aliphatic carbocycles. The fourth-order valence-electron chi connectivity index (χ4n) is 3.45. The first-order valence-corrected chi connectivity index (χ1v) is 10.8. The molecular weight excluding hydrogens is 390 g/mol. The number of hydrogen-bond donors (Lipinski definition) is 0. The molecule has 0 saturated carbocycles. The minimum atomic E-state index is -0.195. The van der Waals surface area contributed by atoms with Gasteiger partial charge in [-0.25, -0.2) is 0 Å². The first-order chi connectivity index (χ1) is 14.7. The Bertz CT molecular complexity index is 1130. The van der Waals surface area contributed by atoms with Gasteiger partial charge in [-0.05, 0) is 29.7 Å². The number of carbonyl (C=O) groups is 1. The van der Waals surface area contributed by atoms with Crippen molar-refractivity contribution < 1.29 is 4.79 Å². The van der Waals surface area contributed by atoms with Crippen molar-refractivity contribution in [1.29, 1.82) is 0 Å². The van der Waals surface area contributed by atoms with E-state index in [1.165, 1.54) is 17.3 Å². The zero-order valence-electron chi connectivity index (χ0n) is 16.9. The van der Waals surface area contributed by atoms with Crippen LogP contribution in [0.4, 0.5) is 0 Å². The smallest absolute Gasteiger partial charge is 0.242 e. The van der Waals surface area contributed by atoms with Gasteiger partial charge in [0.1, 0.15) is 0 Å². The van der Waals surface area contributed by atoms with Gasteiger partial charge in [-0.2, -0.15) is 5.10 Å². The van der Waals surface area contributed by atoms with Crippen molar-refractivity contribution in [2.45, 2.75) is 18.6 Å². The quantitative estimate of drug-likeness (QED) is 0.316. The van der Waals surface area contributed by atoms with Crippen LogP contribution in [0.2, 0.25) is 0 Å². The average Bonchev–Trinajstić information content (AvgIpc) is 3.05. The van der Waals surface area contributed by atoms with E-state index < -0.39 is 0 Å². The molecule has 0 bridgehead atoms. The predicted molar refractivity (Wildman–Crippen MR) is 127 cm³/mol. The molecule has 0 aromatic heterocycles. The Morgan fingerprint density at radius 3 is 2.63 bits per heavy atom. The maximum Gasteiger partial charge on any atom is 0.242 e. The molecule has 1 atom stereocenters. The number of aryl methyl sites for hydroxylation is 1. The predicted octanol–water partition coefficient (Wildman–Crippen LogP) is 5.21. The average molecular weight is 414 g/mol. The Balaban J connectivity index is 1.55. The van der Waals surface area contributed by atoms with Gasteiger partial charge in [-0.1, -0.05) is 90.1 Å². The highest BCUT2D eigenvalue weighted by Gasteiger charge is 2.37. The third-order valence-corrected chi connectivity index (χ3v) is 6.20. The largest absolute Gasteiger partial charge is 0.285 e. The molecule has 1 saturated heterocycles. The summed E-state index contributed by atoms with van der Waals surface area (Å²) in [7, 11) is 0. The molecule has 3 aromatic rings. The standard InChI is InChI=1S/C25H23N3OS/c1-3-15-28-24(29)23(16-19-13-11-18(2)12-14-19)30-25(28)27-26-17-21-9-6-8-20-7-4-5-10-22(20)21/h3-14,17,23H,1,15-16H2,2H3. The van der Waals surface area contributed by atoms with Gasteiger partial charge in [0.25, 0.3) is 0 Å². The number of nitrogens with zero attached hydrogens (tertiary/aromatic N) is 3. The number of hydrogen-bond acceptors (Lipinski definition) is 4. The van der Waals surface area contributed by atoms with E-state index >= 15 is 0 Å². The highest BCUT2D eigenvalue weighted by Crippen LogP contribution is 2.30. The van der Waals surface area contributed by atoms with Crippen molar-refractivity contribution in [1.82, 2.24) is 4.90 Å². The van der Waals surface area contributed by atoms with Crippen LogP contribution < -0.4 is 0 Å². The molecule has 1 heterocycles. The van der Waals surface area contributed by atoms with Crippen molar-refractivity contribution in [3.63, 3.8) is 0 Å². The van der Waals surface area contributed by atoms with Gasteiger partial charge in [0.15, 0.2) is 5.17 Å². The Labute approximate surface area is 181 Å². The van der Waals surface area contributed by atoms with Gasteiger partial charge < -0.3 is 0 Å². The molecule has 4 rings (SSSR count). The molecule has 1 unspecified atom stereocenters. The molecule has 0 N–H and O–H groups in total. The van der Waals surface area contributed by atoms with E-state index in [9.17, 15) is 4.79 Å². The number of amidine groups is 1. The van der Waals surface area contributed by atoms with Crippen molar-refractivity contribution in [2.75, 3.05) is 6.54 Å². The fourth-order valence-corrected chi connectivity index (χ4v) is 4.60. The van der Waals surface area contributed by atoms with Gasteiger partial charge in [0.2, 0.25) is 5.91 Å². The van der Waals surface area contributed by atoms with E-state index in [0.717, 1.165) is 21.9 Å². The van der Waals surface area contributed by atoms with Crippen LogP contribution >= 0.6 is 11.8 Å². The van der Waals surface area contributed by atoms with E-state index in [0.29, 0.717) is 18.1 Å². The first kappa shape index (κ1) is 20.1. The summed E-state index contributed by atoms with van der Waals surface area (Å²) in [5.74, 6) is 0.0552. The Hall–Kier alpha value is -3.18. The molecule has 0 spiro atoms. The fraction of sp³-hybridized carbons (Fsp3) is 0.160. The van der Waals surface area contributed by atoms with Gasteiger partial charge in [-0.3, -0.25) is 9.69 Å². The third-order valence-electron chi connectivity index (χ3n) is 5.04. The number of amides is 1. The number of carbonyl (C=O) groups excluding carboxylic acids is 1. The number of thioether (sulfide) groups is 1. The summed E-state index contributed by atoms with van der Waals surface area (Å²) >= 11 is 1.47. The van der Waals surface area contributed by atoms with Crippen molar-refractivity contribution >= 4 is 39.8 Å². The Kier molecular flexibility index (Phi) is 6.10. The van der Waals surface area contributed by atoms with Crippen LogP contribution in [0.25, 0.3) is 10.8 Å².